The summed E-state index contributed by atoms with van der Waals surface area (Å²) in [6, 6.07) is 4.05. The largest absolute Gasteiger partial charge is 0.396 e. The fraction of sp³-hybridized carbons (Fsp3) is 0.650. The molecule has 1 fully saturated rings. The molecule has 0 radical (unpaired) electrons. The Morgan fingerprint density at radius 3 is 2.44 bits per heavy atom. The van der Waals surface area contributed by atoms with Crippen LogP contribution in [0.1, 0.15) is 42.9 Å². The Morgan fingerprint density at radius 2 is 1.88 bits per heavy atom. The van der Waals surface area contributed by atoms with E-state index in [0.717, 1.165) is 42.7 Å². The number of nitrogens with zero attached hydrogens (tertiary/aromatic N) is 1. The number of nitrogens with one attached hydrogen (secondary N) is 1. The number of amides is 1. The fourth-order valence-corrected chi connectivity index (χ4v) is 3.51. The zero-order valence-corrected chi connectivity index (χ0v) is 16.0. The minimum Gasteiger partial charge on any atom is -0.396 e. The summed E-state index contributed by atoms with van der Waals surface area (Å²) in [6.07, 6.45) is 2.81. The second kappa shape index (κ2) is 9.32. The first-order valence-electron chi connectivity index (χ1n) is 9.27. The Labute approximate surface area is 151 Å². The van der Waals surface area contributed by atoms with Gasteiger partial charge < -0.3 is 15.2 Å². The summed E-state index contributed by atoms with van der Waals surface area (Å²) in [5.74, 6) is 0.0506. The Morgan fingerprint density at radius 1 is 1.28 bits per heavy atom. The Kier molecular flexibility index (Phi) is 7.41. The van der Waals surface area contributed by atoms with Crippen molar-refractivity contribution in [2.24, 2.45) is 0 Å². The van der Waals surface area contributed by atoms with E-state index in [1.807, 2.05) is 20.8 Å². The summed E-state index contributed by atoms with van der Waals surface area (Å²) < 4.78 is 5.76. The molecule has 0 aromatic heterocycles. The van der Waals surface area contributed by atoms with Crippen LogP contribution in [-0.2, 0) is 9.53 Å². The highest BCUT2D eigenvalue weighted by Crippen LogP contribution is 2.23. The van der Waals surface area contributed by atoms with Crippen LogP contribution in [0.3, 0.4) is 0 Å². The Hall–Kier alpha value is -1.43. The molecule has 1 unspecified atom stereocenters. The van der Waals surface area contributed by atoms with Gasteiger partial charge in [0.15, 0.2) is 0 Å². The van der Waals surface area contributed by atoms with Gasteiger partial charge in [-0.25, -0.2) is 0 Å². The van der Waals surface area contributed by atoms with Gasteiger partial charge in [0.1, 0.15) is 0 Å². The number of aliphatic hydroxyl groups excluding tert-OH is 1. The van der Waals surface area contributed by atoms with Crippen molar-refractivity contribution in [2.45, 2.75) is 59.1 Å². The standard InChI is InChI=1S/C20H32N2O3/c1-14-12-15(2)19(16(3)13-14)21-20(24)17(4)22-8-6-18(7-9-22)25-11-5-10-23/h12-13,17-18,23H,5-11H2,1-4H3,(H,21,24). The van der Waals surface area contributed by atoms with Gasteiger partial charge in [0.25, 0.3) is 0 Å². The lowest BCUT2D eigenvalue weighted by Crippen LogP contribution is -2.47. The van der Waals surface area contributed by atoms with Crippen LogP contribution in [-0.4, -0.2) is 54.4 Å². The zero-order chi connectivity index (χ0) is 18.4. The van der Waals surface area contributed by atoms with Gasteiger partial charge in [0.05, 0.1) is 12.1 Å². The number of aryl methyl sites for hydroxylation is 3. The van der Waals surface area contributed by atoms with Crippen molar-refractivity contribution in [1.29, 1.82) is 0 Å². The van der Waals surface area contributed by atoms with Crippen LogP contribution in [0.5, 0.6) is 0 Å². The highest BCUT2D eigenvalue weighted by atomic mass is 16.5. The van der Waals surface area contributed by atoms with Crippen LogP contribution in [0, 0.1) is 20.8 Å². The molecule has 1 heterocycles. The van der Waals surface area contributed by atoms with E-state index in [4.69, 9.17) is 9.84 Å². The summed E-state index contributed by atoms with van der Waals surface area (Å²) >= 11 is 0. The highest BCUT2D eigenvalue weighted by molar-refractivity contribution is 5.96. The van der Waals surface area contributed by atoms with Crippen molar-refractivity contribution in [3.05, 3.63) is 28.8 Å². The molecule has 0 spiro atoms. The van der Waals surface area contributed by atoms with Gasteiger partial charge in [-0.3, -0.25) is 9.69 Å². The quantitative estimate of drug-likeness (QED) is 0.744. The average molecular weight is 348 g/mol. The van der Waals surface area contributed by atoms with Crippen LogP contribution in [0.25, 0.3) is 0 Å². The normalized spacial score (nSPS) is 17.5. The Bertz CT molecular complexity index is 557. The van der Waals surface area contributed by atoms with E-state index in [2.05, 4.69) is 29.3 Å². The number of piperidine rings is 1. The molecule has 140 valence electrons. The summed E-state index contributed by atoms with van der Waals surface area (Å²) in [6.45, 7) is 10.6. The highest BCUT2D eigenvalue weighted by Gasteiger charge is 2.27. The average Bonchev–Trinajstić information content (AvgIpc) is 2.58. The molecule has 0 saturated carbocycles. The molecular formula is C20H32N2O3. The lowest BCUT2D eigenvalue weighted by Gasteiger charge is -2.35. The first-order valence-corrected chi connectivity index (χ1v) is 9.27. The van der Waals surface area contributed by atoms with Gasteiger partial charge in [0, 0.05) is 32.0 Å². The molecule has 0 bridgehead atoms. The summed E-state index contributed by atoms with van der Waals surface area (Å²) in [5, 5.41) is 11.9. The first kappa shape index (κ1) is 19.9. The smallest absolute Gasteiger partial charge is 0.241 e. The second-order valence-electron chi connectivity index (χ2n) is 7.12. The molecule has 1 aliphatic heterocycles. The van der Waals surface area contributed by atoms with E-state index < -0.39 is 0 Å². The maximum Gasteiger partial charge on any atom is 0.241 e. The van der Waals surface area contributed by atoms with Crippen LogP contribution < -0.4 is 5.32 Å². The number of likely N-dealkylation sites (tertiary alicyclic amines) is 1. The van der Waals surface area contributed by atoms with Gasteiger partial charge in [0.2, 0.25) is 5.91 Å². The SMILES string of the molecule is Cc1cc(C)c(NC(=O)C(C)N2CCC(OCCCO)CC2)c(C)c1. The van der Waals surface area contributed by atoms with Crippen molar-refractivity contribution < 1.29 is 14.6 Å². The molecule has 1 aromatic rings. The zero-order valence-electron chi connectivity index (χ0n) is 16.0. The lowest BCUT2D eigenvalue weighted by molar-refractivity contribution is -0.121. The molecular weight excluding hydrogens is 316 g/mol. The number of carbonyl (C=O) groups excluding carboxylic acids is 1. The molecule has 0 aliphatic carbocycles. The fourth-order valence-electron chi connectivity index (χ4n) is 3.51. The molecule has 1 saturated heterocycles. The van der Waals surface area contributed by atoms with Crippen molar-refractivity contribution >= 4 is 11.6 Å². The van der Waals surface area contributed by atoms with E-state index in [9.17, 15) is 4.79 Å². The lowest BCUT2D eigenvalue weighted by atomic mass is 10.0. The van der Waals surface area contributed by atoms with E-state index in [1.54, 1.807) is 0 Å². The van der Waals surface area contributed by atoms with Crippen LogP contribution in [0.15, 0.2) is 12.1 Å². The molecule has 5 nitrogen and oxygen atoms in total. The van der Waals surface area contributed by atoms with Crippen LogP contribution in [0.2, 0.25) is 0 Å². The molecule has 1 aromatic carbocycles. The number of rotatable bonds is 7. The molecule has 25 heavy (non-hydrogen) atoms. The summed E-state index contributed by atoms with van der Waals surface area (Å²) in [7, 11) is 0. The maximum atomic E-state index is 12.7. The van der Waals surface area contributed by atoms with Crippen LogP contribution in [0.4, 0.5) is 5.69 Å². The van der Waals surface area contributed by atoms with Gasteiger partial charge in [-0.05, 0) is 58.1 Å². The van der Waals surface area contributed by atoms with E-state index in [0.29, 0.717) is 13.0 Å². The van der Waals surface area contributed by atoms with E-state index in [1.165, 1.54) is 5.56 Å². The van der Waals surface area contributed by atoms with Crippen LogP contribution >= 0.6 is 0 Å². The predicted octanol–water partition coefficient (Wildman–Crippen LogP) is 2.80. The third kappa shape index (κ3) is 5.53. The number of benzene rings is 1. The minimum absolute atomic E-state index is 0.0506. The van der Waals surface area contributed by atoms with Gasteiger partial charge in [-0.15, -0.1) is 0 Å². The van der Waals surface area contributed by atoms with Gasteiger partial charge >= 0.3 is 0 Å². The molecule has 5 heteroatoms. The number of ether oxygens (including phenoxy) is 1. The van der Waals surface area contributed by atoms with Crippen molar-refractivity contribution in [1.82, 2.24) is 4.90 Å². The number of hydrogen-bond acceptors (Lipinski definition) is 4. The third-order valence-corrected chi connectivity index (χ3v) is 4.98. The number of hydrogen-bond donors (Lipinski definition) is 2. The molecule has 1 amide bonds. The van der Waals surface area contributed by atoms with E-state index >= 15 is 0 Å². The first-order chi connectivity index (χ1) is 11.9. The third-order valence-electron chi connectivity index (χ3n) is 4.98. The Balaban J connectivity index is 1.87. The maximum absolute atomic E-state index is 12.7. The summed E-state index contributed by atoms with van der Waals surface area (Å²) in [5.41, 5.74) is 4.36. The second-order valence-corrected chi connectivity index (χ2v) is 7.12. The van der Waals surface area contributed by atoms with Gasteiger partial charge in [-0.2, -0.15) is 0 Å². The molecule has 1 atom stereocenters. The number of aliphatic hydroxyl groups is 1. The topological polar surface area (TPSA) is 61.8 Å². The number of carbonyl (C=O) groups is 1. The monoisotopic (exact) mass is 348 g/mol. The minimum atomic E-state index is -0.154. The van der Waals surface area contributed by atoms with Gasteiger partial charge in [-0.1, -0.05) is 17.7 Å². The van der Waals surface area contributed by atoms with Crippen molar-refractivity contribution in [3.63, 3.8) is 0 Å². The summed E-state index contributed by atoms with van der Waals surface area (Å²) in [4.78, 5) is 14.9. The number of anilines is 1. The predicted molar refractivity (Wildman–Crippen MR) is 101 cm³/mol. The van der Waals surface area contributed by atoms with Crippen molar-refractivity contribution in [3.8, 4) is 0 Å². The molecule has 2 N–H and O–H groups in total. The van der Waals surface area contributed by atoms with E-state index in [-0.39, 0.29) is 24.7 Å². The van der Waals surface area contributed by atoms with Crippen molar-refractivity contribution in [2.75, 3.05) is 31.6 Å². The molecule has 1 aliphatic rings. The molecule has 2 rings (SSSR count).